The van der Waals surface area contributed by atoms with Crippen molar-refractivity contribution in [1.82, 2.24) is 4.90 Å². The van der Waals surface area contributed by atoms with Gasteiger partial charge in [-0.15, -0.1) is 0 Å². The number of fused-ring (bicyclic) bond motifs is 2. The average molecular weight is 400 g/mol. The summed E-state index contributed by atoms with van der Waals surface area (Å²) in [5, 5.41) is 1.14. The molecule has 0 spiro atoms. The third-order valence-corrected chi connectivity index (χ3v) is 5.77. The van der Waals surface area contributed by atoms with Crippen LogP contribution in [0.1, 0.15) is 52.0 Å². The standard InChI is InChI=1S/C20H27Cl2NO3/c1-19(2,3)26-18(24)6-4-5-9-23-13-20(11-15(23)12-25-20)14-7-8-16(21)17(22)10-14/h7-8,10,15H,4-6,9,11-13H2,1-3H3. The Balaban J connectivity index is 1.50. The summed E-state index contributed by atoms with van der Waals surface area (Å²) in [4.78, 5) is 14.3. The molecule has 2 aliphatic rings. The molecule has 2 bridgehead atoms. The van der Waals surface area contributed by atoms with E-state index < -0.39 is 5.60 Å². The molecular formula is C20H27Cl2NO3. The monoisotopic (exact) mass is 399 g/mol. The fourth-order valence-electron chi connectivity index (χ4n) is 3.87. The van der Waals surface area contributed by atoms with Crippen LogP contribution in [-0.2, 0) is 19.9 Å². The number of halogens is 2. The van der Waals surface area contributed by atoms with E-state index in [0.717, 1.165) is 44.5 Å². The third kappa shape index (κ3) is 4.53. The highest BCUT2D eigenvalue weighted by atomic mass is 35.5. The van der Waals surface area contributed by atoms with Crippen molar-refractivity contribution in [3.8, 4) is 0 Å². The van der Waals surface area contributed by atoms with Gasteiger partial charge in [-0.3, -0.25) is 9.69 Å². The van der Waals surface area contributed by atoms with E-state index in [0.29, 0.717) is 22.5 Å². The number of hydrogen-bond acceptors (Lipinski definition) is 4. The molecule has 0 N–H and O–H groups in total. The minimum atomic E-state index is -0.408. The van der Waals surface area contributed by atoms with Crippen LogP contribution in [0, 0.1) is 0 Å². The van der Waals surface area contributed by atoms with Gasteiger partial charge in [0.05, 0.1) is 16.7 Å². The topological polar surface area (TPSA) is 38.8 Å². The highest BCUT2D eigenvalue weighted by Crippen LogP contribution is 2.46. The predicted octanol–water partition coefficient (Wildman–Crippen LogP) is 4.81. The van der Waals surface area contributed by atoms with Crippen molar-refractivity contribution in [3.63, 3.8) is 0 Å². The van der Waals surface area contributed by atoms with E-state index in [-0.39, 0.29) is 11.6 Å². The zero-order chi connectivity index (χ0) is 18.9. The van der Waals surface area contributed by atoms with Crippen LogP contribution in [0.25, 0.3) is 0 Å². The molecule has 4 nitrogen and oxygen atoms in total. The van der Waals surface area contributed by atoms with E-state index in [1.54, 1.807) is 0 Å². The normalized spacial score (nSPS) is 25.7. The number of unbranched alkanes of at least 4 members (excludes halogenated alkanes) is 1. The number of benzene rings is 1. The maximum Gasteiger partial charge on any atom is 0.306 e. The number of likely N-dealkylation sites (tertiary alicyclic amines) is 1. The molecule has 2 heterocycles. The lowest BCUT2D eigenvalue weighted by Crippen LogP contribution is -2.41. The van der Waals surface area contributed by atoms with Crippen LogP contribution in [0.2, 0.25) is 10.0 Å². The zero-order valence-corrected chi connectivity index (χ0v) is 17.2. The molecule has 2 fully saturated rings. The van der Waals surface area contributed by atoms with E-state index >= 15 is 0 Å². The molecule has 0 saturated carbocycles. The number of nitrogens with zero attached hydrogens (tertiary/aromatic N) is 1. The van der Waals surface area contributed by atoms with Gasteiger partial charge in [0.15, 0.2) is 0 Å². The first kappa shape index (κ1) is 19.9. The van der Waals surface area contributed by atoms with Crippen molar-refractivity contribution >= 4 is 29.2 Å². The molecule has 26 heavy (non-hydrogen) atoms. The molecule has 144 valence electrons. The Morgan fingerprint density at radius 1 is 1.31 bits per heavy atom. The molecule has 0 radical (unpaired) electrons. The smallest absolute Gasteiger partial charge is 0.306 e. The Morgan fingerprint density at radius 3 is 2.77 bits per heavy atom. The SMILES string of the molecule is CC(C)(C)OC(=O)CCCCN1CC2(c3ccc(Cl)c(Cl)c3)CC1CO2. The summed E-state index contributed by atoms with van der Waals surface area (Å²) >= 11 is 12.2. The zero-order valence-electron chi connectivity index (χ0n) is 15.7. The Morgan fingerprint density at radius 2 is 2.08 bits per heavy atom. The first-order valence-electron chi connectivity index (χ1n) is 9.24. The summed E-state index contributed by atoms with van der Waals surface area (Å²) in [6, 6.07) is 6.22. The van der Waals surface area contributed by atoms with Crippen molar-refractivity contribution in [2.45, 2.75) is 63.7 Å². The quantitative estimate of drug-likeness (QED) is 0.508. The number of esters is 1. The Bertz CT molecular complexity index is 674. The summed E-state index contributed by atoms with van der Waals surface area (Å²) in [5.74, 6) is -0.115. The van der Waals surface area contributed by atoms with Crippen molar-refractivity contribution in [2.75, 3.05) is 19.7 Å². The van der Waals surface area contributed by atoms with E-state index in [2.05, 4.69) is 4.90 Å². The largest absolute Gasteiger partial charge is 0.460 e. The van der Waals surface area contributed by atoms with Gasteiger partial charge in [0.2, 0.25) is 0 Å². The van der Waals surface area contributed by atoms with E-state index in [9.17, 15) is 4.79 Å². The minimum absolute atomic E-state index is 0.115. The van der Waals surface area contributed by atoms with E-state index in [1.165, 1.54) is 0 Å². The molecule has 2 atom stereocenters. The maximum atomic E-state index is 11.8. The molecular weight excluding hydrogens is 373 g/mol. The minimum Gasteiger partial charge on any atom is -0.460 e. The van der Waals surface area contributed by atoms with Gasteiger partial charge in [0.25, 0.3) is 0 Å². The Hall–Kier alpha value is -0.810. The number of carbonyl (C=O) groups excluding carboxylic acids is 1. The van der Waals surface area contributed by atoms with Crippen LogP contribution in [0.4, 0.5) is 0 Å². The first-order valence-corrected chi connectivity index (χ1v) is 9.99. The van der Waals surface area contributed by atoms with Crippen molar-refractivity contribution in [3.05, 3.63) is 33.8 Å². The van der Waals surface area contributed by atoms with Crippen LogP contribution >= 0.6 is 23.2 Å². The van der Waals surface area contributed by atoms with Crippen LogP contribution in [0.5, 0.6) is 0 Å². The molecule has 0 aromatic heterocycles. The fourth-order valence-corrected chi connectivity index (χ4v) is 4.16. The fraction of sp³-hybridized carbons (Fsp3) is 0.650. The summed E-state index contributed by atoms with van der Waals surface area (Å²) < 4.78 is 11.5. The lowest BCUT2D eigenvalue weighted by molar-refractivity contribution is -0.154. The van der Waals surface area contributed by atoms with Crippen LogP contribution < -0.4 is 0 Å². The molecule has 2 aliphatic heterocycles. The highest BCUT2D eigenvalue weighted by Gasteiger charge is 2.51. The summed E-state index contributed by atoms with van der Waals surface area (Å²) in [6.07, 6.45) is 3.28. The molecule has 0 aliphatic carbocycles. The highest BCUT2D eigenvalue weighted by molar-refractivity contribution is 6.42. The van der Waals surface area contributed by atoms with Crippen LogP contribution in [-0.4, -0.2) is 42.2 Å². The molecule has 1 aromatic rings. The van der Waals surface area contributed by atoms with Gasteiger partial charge < -0.3 is 9.47 Å². The second kappa shape index (κ2) is 7.67. The molecule has 2 saturated heterocycles. The molecule has 1 aromatic carbocycles. The summed E-state index contributed by atoms with van der Waals surface area (Å²) in [5.41, 5.74) is 0.421. The lowest BCUT2D eigenvalue weighted by atomic mass is 9.93. The number of morpholine rings is 1. The second-order valence-corrected chi connectivity index (χ2v) is 9.12. The summed E-state index contributed by atoms with van der Waals surface area (Å²) in [6.45, 7) is 8.27. The molecule has 6 heteroatoms. The van der Waals surface area contributed by atoms with E-state index in [1.807, 2.05) is 39.0 Å². The van der Waals surface area contributed by atoms with Gasteiger partial charge in [-0.1, -0.05) is 29.3 Å². The predicted molar refractivity (Wildman–Crippen MR) is 104 cm³/mol. The van der Waals surface area contributed by atoms with Crippen LogP contribution in [0.15, 0.2) is 18.2 Å². The van der Waals surface area contributed by atoms with Crippen LogP contribution in [0.3, 0.4) is 0 Å². The summed E-state index contributed by atoms with van der Waals surface area (Å²) in [7, 11) is 0. The van der Waals surface area contributed by atoms with Crippen molar-refractivity contribution < 1.29 is 14.3 Å². The number of carbonyl (C=O) groups is 1. The number of hydrogen-bond donors (Lipinski definition) is 0. The number of ether oxygens (including phenoxy) is 2. The molecule has 3 rings (SSSR count). The van der Waals surface area contributed by atoms with Gasteiger partial charge in [0.1, 0.15) is 11.2 Å². The molecule has 2 unspecified atom stereocenters. The van der Waals surface area contributed by atoms with Gasteiger partial charge in [-0.05, 0) is 64.3 Å². The van der Waals surface area contributed by atoms with E-state index in [4.69, 9.17) is 32.7 Å². The Labute approximate surface area is 165 Å². The number of rotatable bonds is 6. The van der Waals surface area contributed by atoms with Gasteiger partial charge in [-0.2, -0.15) is 0 Å². The van der Waals surface area contributed by atoms with Gasteiger partial charge >= 0.3 is 5.97 Å². The maximum absolute atomic E-state index is 11.8. The molecule has 0 amide bonds. The van der Waals surface area contributed by atoms with Gasteiger partial charge in [0, 0.05) is 19.0 Å². The first-order chi connectivity index (χ1) is 12.2. The lowest BCUT2D eigenvalue weighted by Gasteiger charge is -2.33. The average Bonchev–Trinajstić information content (AvgIpc) is 3.12. The third-order valence-electron chi connectivity index (χ3n) is 5.03. The Kier molecular flexibility index (Phi) is 5.88. The van der Waals surface area contributed by atoms with Gasteiger partial charge in [-0.25, -0.2) is 0 Å². The second-order valence-electron chi connectivity index (χ2n) is 8.31. The van der Waals surface area contributed by atoms with Crippen molar-refractivity contribution in [1.29, 1.82) is 0 Å². The van der Waals surface area contributed by atoms with Crippen molar-refractivity contribution in [2.24, 2.45) is 0 Å².